The van der Waals surface area contributed by atoms with Crippen LogP contribution in [0.2, 0.25) is 5.02 Å². The molecule has 0 heterocycles. The van der Waals surface area contributed by atoms with Gasteiger partial charge in [0.2, 0.25) is 0 Å². The molecule has 22 heavy (non-hydrogen) atoms. The van der Waals surface area contributed by atoms with Gasteiger partial charge in [-0.25, -0.2) is 4.99 Å². The topological polar surface area (TPSA) is 12.4 Å². The van der Waals surface area contributed by atoms with Gasteiger partial charge in [-0.1, -0.05) is 67.9 Å². The molecule has 0 fully saturated rings. The largest absolute Gasteiger partial charge is 0.235 e. The van der Waals surface area contributed by atoms with Gasteiger partial charge >= 0.3 is 0 Å². The second-order valence-electron chi connectivity index (χ2n) is 5.04. The van der Waals surface area contributed by atoms with Crippen LogP contribution in [0.1, 0.15) is 45.1 Å². The summed E-state index contributed by atoms with van der Waals surface area (Å²) in [5.41, 5.74) is 2.06. The quantitative estimate of drug-likeness (QED) is 0.193. The van der Waals surface area contributed by atoms with Crippen LogP contribution in [0.4, 0.5) is 5.69 Å². The van der Waals surface area contributed by atoms with E-state index in [1.165, 1.54) is 31.4 Å². The molecule has 1 nitrogen and oxygen atoms in total. The number of rotatable bonds is 9. The first-order chi connectivity index (χ1) is 10.7. The van der Waals surface area contributed by atoms with E-state index in [4.69, 9.17) is 16.6 Å². The van der Waals surface area contributed by atoms with Gasteiger partial charge in [-0.05, 0) is 49.0 Å². The minimum atomic E-state index is 0.792. The summed E-state index contributed by atoms with van der Waals surface area (Å²) in [5, 5.41) is 1.87. The van der Waals surface area contributed by atoms with Gasteiger partial charge in [-0.2, -0.15) is 11.8 Å². The molecule has 0 radical (unpaired) electrons. The monoisotopic (exact) mass is 375 g/mol. The molecule has 0 saturated heterocycles. The number of unbranched alkanes of at least 4 members (excludes halogenated alkanes) is 2. The Hall–Kier alpha value is 0.230. The summed E-state index contributed by atoms with van der Waals surface area (Å²) < 4.78 is 1.16. The Morgan fingerprint density at radius 2 is 1.91 bits per heavy atom. The van der Waals surface area contributed by atoms with Crippen molar-refractivity contribution < 1.29 is 0 Å². The van der Waals surface area contributed by atoms with Gasteiger partial charge in [0.15, 0.2) is 0 Å². The molecule has 0 amide bonds. The summed E-state index contributed by atoms with van der Waals surface area (Å²) in [6.07, 6.45) is 5.12. The normalized spacial score (nSPS) is 11.9. The number of aryl methyl sites for hydroxylation is 1. The fourth-order valence-corrected chi connectivity index (χ4v) is 5.18. The van der Waals surface area contributed by atoms with Crippen molar-refractivity contribution in [2.75, 3.05) is 16.6 Å². The maximum absolute atomic E-state index is 6.19. The molecule has 1 rings (SSSR count). The lowest BCUT2D eigenvalue weighted by Gasteiger charge is -2.06. The standard InChI is InChI=1S/C17H26ClNS3/c1-4-6-7-11-20-13-22-17(21-10-5-2)19-15-9-8-14(3)16(18)12-15/h8-9,12H,4-7,10-11,13H2,1-3H3. The highest BCUT2D eigenvalue weighted by molar-refractivity contribution is 8.41. The van der Waals surface area contributed by atoms with E-state index in [1.807, 2.05) is 60.4 Å². The SMILES string of the molecule is CCCCCSCSC(=Nc1ccc(C)c(Cl)c1)SCCC. The second-order valence-corrected chi connectivity index (χ2v) is 9.22. The summed E-state index contributed by atoms with van der Waals surface area (Å²) in [7, 11) is 0. The number of hydrogen-bond acceptors (Lipinski definition) is 4. The summed E-state index contributed by atoms with van der Waals surface area (Å²) in [6, 6.07) is 6.04. The van der Waals surface area contributed by atoms with Gasteiger partial charge in [-0.3, -0.25) is 0 Å². The van der Waals surface area contributed by atoms with Crippen molar-refractivity contribution in [3.63, 3.8) is 0 Å². The Morgan fingerprint density at radius 3 is 2.59 bits per heavy atom. The molecule has 0 bridgehead atoms. The predicted octanol–water partition coefficient (Wildman–Crippen LogP) is 7.39. The van der Waals surface area contributed by atoms with Crippen molar-refractivity contribution in [2.45, 2.75) is 46.5 Å². The lowest BCUT2D eigenvalue weighted by molar-refractivity contribution is 0.779. The van der Waals surface area contributed by atoms with Crippen LogP contribution in [0, 0.1) is 6.92 Å². The third kappa shape index (κ3) is 8.76. The van der Waals surface area contributed by atoms with Gasteiger partial charge in [0, 0.05) is 10.1 Å². The van der Waals surface area contributed by atoms with Crippen LogP contribution in [0.15, 0.2) is 23.2 Å². The number of nitrogens with zero attached hydrogens (tertiary/aromatic N) is 1. The molecule has 0 unspecified atom stereocenters. The zero-order valence-corrected chi connectivity index (χ0v) is 16.9. The lowest BCUT2D eigenvalue weighted by Crippen LogP contribution is -1.90. The third-order valence-corrected chi connectivity index (χ3v) is 7.08. The molecular formula is C17H26ClNS3. The smallest absolute Gasteiger partial charge is 0.131 e. The van der Waals surface area contributed by atoms with E-state index < -0.39 is 0 Å². The highest BCUT2D eigenvalue weighted by Crippen LogP contribution is 2.28. The molecule has 0 aliphatic heterocycles. The highest BCUT2D eigenvalue weighted by atomic mass is 35.5. The van der Waals surface area contributed by atoms with E-state index in [9.17, 15) is 0 Å². The van der Waals surface area contributed by atoms with Crippen LogP contribution in [0.3, 0.4) is 0 Å². The Labute approximate surface area is 153 Å². The van der Waals surface area contributed by atoms with E-state index in [1.54, 1.807) is 0 Å². The lowest BCUT2D eigenvalue weighted by atomic mass is 10.2. The molecule has 0 aliphatic carbocycles. The summed E-state index contributed by atoms with van der Waals surface area (Å²) in [5.74, 6) is 2.37. The molecule has 0 atom stereocenters. The molecule has 1 aromatic carbocycles. The van der Waals surface area contributed by atoms with E-state index in [0.717, 1.165) is 31.5 Å². The molecule has 0 spiro atoms. The van der Waals surface area contributed by atoms with Crippen LogP contribution in [-0.4, -0.2) is 21.0 Å². The molecule has 1 aromatic rings. The Balaban J connectivity index is 2.54. The average molecular weight is 376 g/mol. The maximum Gasteiger partial charge on any atom is 0.131 e. The van der Waals surface area contributed by atoms with Gasteiger partial charge in [0.05, 0.1) is 5.69 Å². The Morgan fingerprint density at radius 1 is 1.09 bits per heavy atom. The molecular weight excluding hydrogens is 350 g/mol. The van der Waals surface area contributed by atoms with Crippen molar-refractivity contribution in [1.29, 1.82) is 0 Å². The van der Waals surface area contributed by atoms with E-state index >= 15 is 0 Å². The number of halogens is 1. The first-order valence-electron chi connectivity index (χ1n) is 7.85. The van der Waals surface area contributed by atoms with Crippen LogP contribution < -0.4 is 0 Å². The Bertz CT molecular complexity index is 463. The van der Waals surface area contributed by atoms with Crippen molar-refractivity contribution in [2.24, 2.45) is 4.99 Å². The molecule has 0 N–H and O–H groups in total. The Kier molecular flexibility index (Phi) is 11.6. The van der Waals surface area contributed by atoms with Crippen molar-refractivity contribution in [3.05, 3.63) is 28.8 Å². The second kappa shape index (κ2) is 12.6. The first kappa shape index (κ1) is 20.3. The maximum atomic E-state index is 6.19. The number of thioether (sulfide) groups is 3. The van der Waals surface area contributed by atoms with E-state index in [2.05, 4.69) is 13.8 Å². The highest BCUT2D eigenvalue weighted by Gasteiger charge is 2.04. The van der Waals surface area contributed by atoms with Crippen molar-refractivity contribution in [3.8, 4) is 0 Å². The zero-order valence-electron chi connectivity index (χ0n) is 13.7. The van der Waals surface area contributed by atoms with Crippen LogP contribution in [0.5, 0.6) is 0 Å². The van der Waals surface area contributed by atoms with Crippen molar-refractivity contribution >= 4 is 56.9 Å². The minimum absolute atomic E-state index is 0.792. The van der Waals surface area contributed by atoms with Crippen LogP contribution >= 0.6 is 46.9 Å². The summed E-state index contributed by atoms with van der Waals surface area (Å²) in [4.78, 5) is 4.78. The van der Waals surface area contributed by atoms with Gasteiger partial charge < -0.3 is 0 Å². The van der Waals surface area contributed by atoms with E-state index in [0.29, 0.717) is 0 Å². The van der Waals surface area contributed by atoms with Gasteiger partial charge in [0.1, 0.15) is 4.38 Å². The number of hydrogen-bond donors (Lipinski definition) is 0. The first-order valence-corrected chi connectivity index (χ1v) is 11.4. The van der Waals surface area contributed by atoms with Crippen LogP contribution in [0.25, 0.3) is 0 Å². The fraction of sp³-hybridized carbons (Fsp3) is 0.588. The van der Waals surface area contributed by atoms with Crippen molar-refractivity contribution in [1.82, 2.24) is 0 Å². The number of benzene rings is 1. The fourth-order valence-electron chi connectivity index (χ4n) is 1.66. The molecule has 0 aliphatic rings. The van der Waals surface area contributed by atoms with Gasteiger partial charge in [-0.15, -0.1) is 0 Å². The summed E-state index contributed by atoms with van der Waals surface area (Å²) >= 11 is 11.9. The molecule has 5 heteroatoms. The predicted molar refractivity (Wildman–Crippen MR) is 110 cm³/mol. The average Bonchev–Trinajstić information content (AvgIpc) is 2.51. The minimum Gasteiger partial charge on any atom is -0.235 e. The van der Waals surface area contributed by atoms with Gasteiger partial charge in [0.25, 0.3) is 0 Å². The zero-order chi connectivity index (χ0) is 16.2. The molecule has 124 valence electrons. The summed E-state index contributed by atoms with van der Waals surface area (Å²) in [6.45, 7) is 6.47. The van der Waals surface area contributed by atoms with Crippen LogP contribution in [-0.2, 0) is 0 Å². The molecule has 0 aromatic heterocycles. The molecule has 0 saturated carbocycles. The number of aliphatic imine (C=N–C) groups is 1. The van der Waals surface area contributed by atoms with E-state index in [-0.39, 0.29) is 0 Å². The third-order valence-electron chi connectivity index (χ3n) is 2.96.